The number of benzene rings is 2. The minimum absolute atomic E-state index is 0.405. The fourth-order valence-electron chi connectivity index (χ4n) is 1.54. The predicted octanol–water partition coefficient (Wildman–Crippen LogP) is 3.21. The zero-order valence-corrected chi connectivity index (χ0v) is 10.5. The zero-order chi connectivity index (χ0) is 13.7. The molecule has 0 aliphatic carbocycles. The van der Waals surface area contributed by atoms with Crippen molar-refractivity contribution in [2.75, 3.05) is 18.1 Å². The number of nitrogen functional groups attached to an aromatic ring is 2. The summed E-state index contributed by atoms with van der Waals surface area (Å²) in [6.07, 6.45) is 1.67. The Morgan fingerprint density at radius 2 is 1.63 bits per heavy atom. The van der Waals surface area contributed by atoms with Crippen molar-refractivity contribution >= 4 is 11.4 Å². The molecule has 2 aromatic rings. The Morgan fingerprint density at radius 3 is 2.32 bits per heavy atom. The zero-order valence-electron chi connectivity index (χ0n) is 10.5. The summed E-state index contributed by atoms with van der Waals surface area (Å²) in [5.74, 6) is 1.85. The SMILES string of the molecule is C=CCOc1ccc(N)cc1Oc1ccc(N)cc1. The van der Waals surface area contributed by atoms with Crippen LogP contribution in [-0.4, -0.2) is 6.61 Å². The van der Waals surface area contributed by atoms with Gasteiger partial charge in [0, 0.05) is 17.4 Å². The van der Waals surface area contributed by atoms with Gasteiger partial charge in [-0.1, -0.05) is 12.7 Å². The van der Waals surface area contributed by atoms with Crippen LogP contribution in [0.2, 0.25) is 0 Å². The van der Waals surface area contributed by atoms with E-state index in [-0.39, 0.29) is 0 Å². The highest BCUT2D eigenvalue weighted by Gasteiger charge is 2.07. The van der Waals surface area contributed by atoms with Crippen LogP contribution in [-0.2, 0) is 0 Å². The van der Waals surface area contributed by atoms with Crippen LogP contribution in [0.4, 0.5) is 11.4 Å². The first-order chi connectivity index (χ1) is 9.19. The molecule has 0 spiro atoms. The number of ether oxygens (including phenoxy) is 2. The molecular formula is C15H16N2O2. The monoisotopic (exact) mass is 256 g/mol. The van der Waals surface area contributed by atoms with E-state index < -0.39 is 0 Å². The number of anilines is 2. The molecule has 0 saturated heterocycles. The van der Waals surface area contributed by atoms with Crippen molar-refractivity contribution < 1.29 is 9.47 Å². The average molecular weight is 256 g/mol. The summed E-state index contributed by atoms with van der Waals surface area (Å²) < 4.78 is 11.3. The Labute approximate surface area is 112 Å². The Bertz CT molecular complexity index is 565. The van der Waals surface area contributed by atoms with Gasteiger partial charge in [-0.05, 0) is 36.4 Å². The van der Waals surface area contributed by atoms with Gasteiger partial charge in [-0.2, -0.15) is 0 Å². The molecule has 0 fully saturated rings. The third-order valence-electron chi connectivity index (χ3n) is 2.43. The molecule has 2 rings (SSSR count). The van der Waals surface area contributed by atoms with Gasteiger partial charge in [0.25, 0.3) is 0 Å². The van der Waals surface area contributed by atoms with Crippen LogP contribution < -0.4 is 20.9 Å². The van der Waals surface area contributed by atoms with Crippen molar-refractivity contribution in [2.45, 2.75) is 0 Å². The lowest BCUT2D eigenvalue weighted by atomic mass is 10.2. The summed E-state index contributed by atoms with van der Waals surface area (Å²) in [6, 6.07) is 12.4. The lowest BCUT2D eigenvalue weighted by molar-refractivity contribution is 0.340. The molecule has 4 heteroatoms. The third kappa shape index (κ3) is 3.42. The molecule has 0 saturated carbocycles. The van der Waals surface area contributed by atoms with Crippen molar-refractivity contribution in [3.63, 3.8) is 0 Å². The van der Waals surface area contributed by atoms with Gasteiger partial charge in [0.1, 0.15) is 12.4 Å². The van der Waals surface area contributed by atoms with E-state index in [1.165, 1.54) is 0 Å². The predicted molar refractivity (Wildman–Crippen MR) is 77.5 cm³/mol. The van der Waals surface area contributed by atoms with E-state index in [1.54, 1.807) is 48.5 Å². The van der Waals surface area contributed by atoms with Crippen molar-refractivity contribution in [1.82, 2.24) is 0 Å². The van der Waals surface area contributed by atoms with E-state index in [0.717, 1.165) is 0 Å². The molecule has 2 aromatic carbocycles. The molecule has 0 aromatic heterocycles. The summed E-state index contributed by atoms with van der Waals surface area (Å²) in [5.41, 5.74) is 12.7. The summed E-state index contributed by atoms with van der Waals surface area (Å²) in [6.45, 7) is 4.02. The maximum atomic E-state index is 5.76. The second-order valence-corrected chi connectivity index (χ2v) is 3.98. The van der Waals surface area contributed by atoms with Crippen LogP contribution in [0.5, 0.6) is 17.2 Å². The van der Waals surface area contributed by atoms with Crippen molar-refractivity contribution in [2.24, 2.45) is 0 Å². The van der Waals surface area contributed by atoms with Crippen LogP contribution in [0.3, 0.4) is 0 Å². The Hall–Kier alpha value is -2.62. The minimum atomic E-state index is 0.405. The first-order valence-corrected chi connectivity index (χ1v) is 5.85. The molecule has 0 amide bonds. The summed E-state index contributed by atoms with van der Waals surface area (Å²) >= 11 is 0. The maximum Gasteiger partial charge on any atom is 0.171 e. The minimum Gasteiger partial charge on any atom is -0.486 e. The molecule has 98 valence electrons. The van der Waals surface area contributed by atoms with Gasteiger partial charge in [0.05, 0.1) is 0 Å². The number of nitrogens with two attached hydrogens (primary N) is 2. The summed E-state index contributed by atoms with van der Waals surface area (Å²) in [5, 5.41) is 0. The van der Waals surface area contributed by atoms with Gasteiger partial charge in [-0.15, -0.1) is 0 Å². The molecule has 4 N–H and O–H groups in total. The molecule has 0 unspecified atom stereocenters. The maximum absolute atomic E-state index is 5.76. The van der Waals surface area contributed by atoms with Gasteiger partial charge in [0.2, 0.25) is 0 Å². The molecule has 0 radical (unpaired) electrons. The first kappa shape index (κ1) is 12.8. The summed E-state index contributed by atoms with van der Waals surface area (Å²) in [4.78, 5) is 0. The smallest absolute Gasteiger partial charge is 0.171 e. The quantitative estimate of drug-likeness (QED) is 0.636. The third-order valence-corrected chi connectivity index (χ3v) is 2.43. The fourth-order valence-corrected chi connectivity index (χ4v) is 1.54. The second kappa shape index (κ2) is 5.82. The number of hydrogen-bond donors (Lipinski definition) is 2. The van der Waals surface area contributed by atoms with Crippen LogP contribution in [0.15, 0.2) is 55.1 Å². The number of hydrogen-bond acceptors (Lipinski definition) is 4. The average Bonchev–Trinajstić information content (AvgIpc) is 2.40. The molecule has 4 nitrogen and oxygen atoms in total. The highest BCUT2D eigenvalue weighted by Crippen LogP contribution is 2.33. The highest BCUT2D eigenvalue weighted by molar-refractivity contribution is 5.54. The highest BCUT2D eigenvalue weighted by atomic mass is 16.5. The Kier molecular flexibility index (Phi) is 3.93. The topological polar surface area (TPSA) is 70.5 Å². The molecule has 0 heterocycles. The van der Waals surface area contributed by atoms with Crippen molar-refractivity contribution in [3.8, 4) is 17.2 Å². The molecule has 0 aliphatic rings. The molecule has 19 heavy (non-hydrogen) atoms. The van der Waals surface area contributed by atoms with Crippen LogP contribution in [0.1, 0.15) is 0 Å². The molecular weight excluding hydrogens is 240 g/mol. The second-order valence-electron chi connectivity index (χ2n) is 3.98. The van der Waals surface area contributed by atoms with E-state index in [0.29, 0.717) is 35.2 Å². The van der Waals surface area contributed by atoms with E-state index in [2.05, 4.69) is 6.58 Å². The van der Waals surface area contributed by atoms with Crippen molar-refractivity contribution in [1.29, 1.82) is 0 Å². The number of rotatable bonds is 5. The van der Waals surface area contributed by atoms with Gasteiger partial charge in [-0.25, -0.2) is 0 Å². The molecule has 0 atom stereocenters. The fraction of sp³-hybridized carbons (Fsp3) is 0.0667. The Morgan fingerprint density at radius 1 is 0.947 bits per heavy atom. The van der Waals surface area contributed by atoms with E-state index >= 15 is 0 Å². The molecule has 0 aliphatic heterocycles. The lowest BCUT2D eigenvalue weighted by Gasteiger charge is -2.12. The normalized spacial score (nSPS) is 9.89. The van der Waals surface area contributed by atoms with Crippen molar-refractivity contribution in [3.05, 3.63) is 55.1 Å². The van der Waals surface area contributed by atoms with Gasteiger partial charge in [-0.3, -0.25) is 0 Å². The lowest BCUT2D eigenvalue weighted by Crippen LogP contribution is -1.97. The standard InChI is InChI=1S/C15H16N2O2/c1-2-9-18-14-8-5-12(17)10-15(14)19-13-6-3-11(16)4-7-13/h2-8,10H,1,9,16-17H2. The van der Waals surface area contributed by atoms with Crippen LogP contribution in [0, 0.1) is 0 Å². The molecule has 0 bridgehead atoms. The van der Waals surface area contributed by atoms with E-state index in [1.807, 2.05) is 0 Å². The van der Waals surface area contributed by atoms with Gasteiger partial charge < -0.3 is 20.9 Å². The van der Waals surface area contributed by atoms with Crippen LogP contribution >= 0.6 is 0 Å². The van der Waals surface area contributed by atoms with Gasteiger partial charge in [0.15, 0.2) is 11.5 Å². The largest absolute Gasteiger partial charge is 0.486 e. The van der Waals surface area contributed by atoms with Crippen LogP contribution in [0.25, 0.3) is 0 Å². The first-order valence-electron chi connectivity index (χ1n) is 5.85. The van der Waals surface area contributed by atoms with E-state index in [4.69, 9.17) is 20.9 Å². The Balaban J connectivity index is 2.24. The van der Waals surface area contributed by atoms with E-state index in [9.17, 15) is 0 Å². The van der Waals surface area contributed by atoms with Gasteiger partial charge >= 0.3 is 0 Å². The summed E-state index contributed by atoms with van der Waals surface area (Å²) in [7, 11) is 0.